The van der Waals surface area contributed by atoms with Crippen LogP contribution < -0.4 is 10.2 Å². The van der Waals surface area contributed by atoms with Crippen molar-refractivity contribution < 1.29 is 9.18 Å². The molecule has 1 amide bonds. The van der Waals surface area contributed by atoms with Crippen molar-refractivity contribution in [3.63, 3.8) is 0 Å². The molecule has 116 valence electrons. The third kappa shape index (κ3) is 3.78. The standard InChI is InChI=1S/C16H19FN4O/c1-3-21(4-2)15-11-18-14(10-19-15)16(22)20-9-12-7-5-6-8-13(12)17/h5-8,10-11H,3-4,9H2,1-2H3,(H,20,22). The monoisotopic (exact) mass is 302 g/mol. The highest BCUT2D eigenvalue weighted by molar-refractivity contribution is 5.91. The van der Waals surface area contributed by atoms with Gasteiger partial charge in [0.25, 0.3) is 5.91 Å². The van der Waals surface area contributed by atoms with Gasteiger partial charge >= 0.3 is 0 Å². The highest BCUT2D eigenvalue weighted by Crippen LogP contribution is 2.09. The van der Waals surface area contributed by atoms with Gasteiger partial charge in [-0.3, -0.25) is 4.79 Å². The van der Waals surface area contributed by atoms with Crippen LogP contribution >= 0.6 is 0 Å². The van der Waals surface area contributed by atoms with Crippen LogP contribution in [0.5, 0.6) is 0 Å². The molecule has 1 heterocycles. The van der Waals surface area contributed by atoms with E-state index in [1.807, 2.05) is 18.7 Å². The molecule has 0 aliphatic rings. The summed E-state index contributed by atoms with van der Waals surface area (Å²) in [5, 5.41) is 2.64. The van der Waals surface area contributed by atoms with E-state index in [0.717, 1.165) is 18.9 Å². The molecule has 0 spiro atoms. The Balaban J connectivity index is 2.00. The van der Waals surface area contributed by atoms with E-state index in [4.69, 9.17) is 0 Å². The fourth-order valence-electron chi connectivity index (χ4n) is 2.06. The smallest absolute Gasteiger partial charge is 0.271 e. The molecule has 0 aliphatic heterocycles. The second-order valence-corrected chi connectivity index (χ2v) is 4.71. The summed E-state index contributed by atoms with van der Waals surface area (Å²) in [6, 6.07) is 6.33. The zero-order chi connectivity index (χ0) is 15.9. The predicted octanol–water partition coefficient (Wildman–Crippen LogP) is 2.39. The Kier molecular flexibility index (Phi) is 5.41. The number of carbonyl (C=O) groups excluding carboxylic acids is 1. The quantitative estimate of drug-likeness (QED) is 0.890. The average molecular weight is 302 g/mol. The lowest BCUT2D eigenvalue weighted by atomic mass is 10.2. The summed E-state index contributed by atoms with van der Waals surface area (Å²) in [6.45, 7) is 5.82. The van der Waals surface area contributed by atoms with Crippen LogP contribution in [0.4, 0.5) is 10.2 Å². The second-order valence-electron chi connectivity index (χ2n) is 4.71. The largest absolute Gasteiger partial charge is 0.356 e. The Morgan fingerprint density at radius 1 is 1.18 bits per heavy atom. The van der Waals surface area contributed by atoms with E-state index in [2.05, 4.69) is 15.3 Å². The first-order valence-electron chi connectivity index (χ1n) is 7.24. The molecule has 0 saturated carbocycles. The molecule has 1 aromatic carbocycles. The Morgan fingerprint density at radius 2 is 1.91 bits per heavy atom. The highest BCUT2D eigenvalue weighted by atomic mass is 19.1. The maximum Gasteiger partial charge on any atom is 0.271 e. The summed E-state index contributed by atoms with van der Waals surface area (Å²) in [5.41, 5.74) is 0.649. The van der Waals surface area contributed by atoms with Gasteiger partial charge in [-0.15, -0.1) is 0 Å². The van der Waals surface area contributed by atoms with Crippen LogP contribution in [-0.2, 0) is 6.54 Å². The lowest BCUT2D eigenvalue weighted by molar-refractivity contribution is 0.0945. The van der Waals surface area contributed by atoms with E-state index in [0.29, 0.717) is 5.56 Å². The average Bonchev–Trinajstić information content (AvgIpc) is 2.55. The van der Waals surface area contributed by atoms with E-state index in [9.17, 15) is 9.18 Å². The first-order chi connectivity index (χ1) is 10.7. The maximum absolute atomic E-state index is 13.5. The SMILES string of the molecule is CCN(CC)c1cnc(C(=O)NCc2ccccc2F)cn1. The summed E-state index contributed by atoms with van der Waals surface area (Å²) in [4.78, 5) is 22.4. The van der Waals surface area contributed by atoms with Crippen molar-refractivity contribution in [2.75, 3.05) is 18.0 Å². The summed E-state index contributed by atoms with van der Waals surface area (Å²) in [5.74, 6) is 0.0169. The molecule has 5 nitrogen and oxygen atoms in total. The maximum atomic E-state index is 13.5. The number of rotatable bonds is 6. The van der Waals surface area contributed by atoms with Gasteiger partial charge in [0.1, 0.15) is 17.3 Å². The number of hydrogen-bond donors (Lipinski definition) is 1. The Hall–Kier alpha value is -2.50. The molecule has 0 atom stereocenters. The van der Waals surface area contributed by atoms with Crippen LogP contribution in [0, 0.1) is 5.82 Å². The molecule has 0 aliphatic carbocycles. The van der Waals surface area contributed by atoms with Gasteiger partial charge in [-0.2, -0.15) is 0 Å². The zero-order valence-electron chi connectivity index (χ0n) is 12.7. The molecule has 1 N–H and O–H groups in total. The fraction of sp³-hybridized carbons (Fsp3) is 0.312. The topological polar surface area (TPSA) is 58.1 Å². The molecular formula is C16H19FN4O. The number of anilines is 1. The van der Waals surface area contributed by atoms with Gasteiger partial charge < -0.3 is 10.2 Å². The van der Waals surface area contributed by atoms with E-state index in [1.54, 1.807) is 24.4 Å². The molecule has 0 radical (unpaired) electrons. The van der Waals surface area contributed by atoms with Crippen LogP contribution in [0.15, 0.2) is 36.7 Å². The summed E-state index contributed by atoms with van der Waals surface area (Å²) < 4.78 is 13.5. The van der Waals surface area contributed by atoms with Crippen molar-refractivity contribution in [3.05, 3.63) is 53.7 Å². The predicted molar refractivity (Wildman–Crippen MR) is 83.2 cm³/mol. The normalized spacial score (nSPS) is 10.3. The van der Waals surface area contributed by atoms with E-state index in [1.165, 1.54) is 12.3 Å². The van der Waals surface area contributed by atoms with Crippen LogP contribution in [0.25, 0.3) is 0 Å². The van der Waals surface area contributed by atoms with Crippen molar-refractivity contribution in [1.82, 2.24) is 15.3 Å². The van der Waals surface area contributed by atoms with Crippen molar-refractivity contribution in [3.8, 4) is 0 Å². The molecule has 0 saturated heterocycles. The molecule has 0 bridgehead atoms. The van der Waals surface area contributed by atoms with Crippen LogP contribution in [-0.4, -0.2) is 29.0 Å². The molecule has 6 heteroatoms. The lowest BCUT2D eigenvalue weighted by Gasteiger charge is -2.18. The van der Waals surface area contributed by atoms with Gasteiger partial charge in [-0.25, -0.2) is 14.4 Å². The molecule has 0 unspecified atom stereocenters. The number of aromatic nitrogens is 2. The minimum Gasteiger partial charge on any atom is -0.356 e. The second kappa shape index (κ2) is 7.49. The molecule has 2 rings (SSSR count). The highest BCUT2D eigenvalue weighted by Gasteiger charge is 2.10. The summed E-state index contributed by atoms with van der Waals surface area (Å²) in [7, 11) is 0. The lowest BCUT2D eigenvalue weighted by Crippen LogP contribution is -2.26. The van der Waals surface area contributed by atoms with Gasteiger partial charge in [0, 0.05) is 25.2 Å². The van der Waals surface area contributed by atoms with Crippen molar-refractivity contribution >= 4 is 11.7 Å². The van der Waals surface area contributed by atoms with E-state index >= 15 is 0 Å². The van der Waals surface area contributed by atoms with Gasteiger partial charge in [0.15, 0.2) is 0 Å². The Morgan fingerprint density at radius 3 is 2.50 bits per heavy atom. The van der Waals surface area contributed by atoms with E-state index < -0.39 is 0 Å². The van der Waals surface area contributed by atoms with Crippen molar-refractivity contribution in [2.45, 2.75) is 20.4 Å². The molecule has 22 heavy (non-hydrogen) atoms. The van der Waals surface area contributed by atoms with Gasteiger partial charge in [-0.05, 0) is 19.9 Å². The number of nitrogens with zero attached hydrogens (tertiary/aromatic N) is 3. The van der Waals surface area contributed by atoms with Crippen molar-refractivity contribution in [2.24, 2.45) is 0 Å². The first kappa shape index (κ1) is 15.9. The minimum atomic E-state index is -0.373. The molecule has 1 aromatic heterocycles. The summed E-state index contributed by atoms with van der Waals surface area (Å²) >= 11 is 0. The number of nitrogens with one attached hydrogen (secondary N) is 1. The zero-order valence-corrected chi connectivity index (χ0v) is 12.7. The number of carbonyl (C=O) groups is 1. The van der Waals surface area contributed by atoms with Gasteiger partial charge in [0.2, 0.25) is 0 Å². The molecular weight excluding hydrogens is 283 g/mol. The van der Waals surface area contributed by atoms with E-state index in [-0.39, 0.29) is 24.0 Å². The fourth-order valence-corrected chi connectivity index (χ4v) is 2.06. The third-order valence-corrected chi connectivity index (χ3v) is 3.36. The first-order valence-corrected chi connectivity index (χ1v) is 7.24. The van der Waals surface area contributed by atoms with Gasteiger partial charge in [0.05, 0.1) is 12.4 Å². The molecule has 0 fully saturated rings. The number of halogens is 1. The third-order valence-electron chi connectivity index (χ3n) is 3.36. The Bertz CT molecular complexity index is 626. The number of amides is 1. The number of benzene rings is 1. The summed E-state index contributed by atoms with van der Waals surface area (Å²) in [6.07, 6.45) is 3.01. The van der Waals surface area contributed by atoms with Crippen molar-refractivity contribution in [1.29, 1.82) is 0 Å². The van der Waals surface area contributed by atoms with Crippen LogP contribution in [0.2, 0.25) is 0 Å². The minimum absolute atomic E-state index is 0.116. The molecule has 2 aromatic rings. The van der Waals surface area contributed by atoms with Crippen LogP contribution in [0.3, 0.4) is 0 Å². The number of hydrogen-bond acceptors (Lipinski definition) is 4. The van der Waals surface area contributed by atoms with Gasteiger partial charge in [-0.1, -0.05) is 18.2 Å². The Labute approximate surface area is 129 Å². The van der Waals surface area contributed by atoms with Crippen LogP contribution in [0.1, 0.15) is 29.9 Å².